The van der Waals surface area contributed by atoms with E-state index in [1.807, 2.05) is 0 Å². The van der Waals surface area contributed by atoms with Crippen molar-refractivity contribution in [3.63, 3.8) is 0 Å². The number of anilines is 2. The number of rotatable bonds is 9. The molecule has 0 spiro atoms. The average Bonchev–Trinajstić information content (AvgIpc) is 3.28. The number of carbonyl (C=O) groups is 3. The molecule has 2 aromatic heterocycles. The van der Waals surface area contributed by atoms with Crippen molar-refractivity contribution in [1.29, 1.82) is 0 Å². The lowest BCUT2D eigenvalue weighted by atomic mass is 10.0. The molecular weight excluding hydrogens is 528 g/mol. The van der Waals surface area contributed by atoms with Crippen LogP contribution in [0.1, 0.15) is 12.6 Å². The molecule has 0 saturated carbocycles. The summed E-state index contributed by atoms with van der Waals surface area (Å²) in [6.07, 6.45) is 1.75. The standard InChI is InChI=1S/C20H22N8O5S3/c1-3-33-26-12(10-8-35-19(22)23-10)15(29)25-13-16(30)28-14(18(31)32)9(6-34-17(13)28)7-36-20-24-11(21)4-5-27(20)2/h4-5,8,13,17,21H,3,6-7H2,1-2H3,(H4,22,23,25,29,31,32)/b26-12-/t13?,17-/m1/s1. The number of aromatic nitrogens is 3. The Morgan fingerprint density at radius 2 is 2.19 bits per heavy atom. The van der Waals surface area contributed by atoms with Gasteiger partial charge in [0.05, 0.1) is 24.9 Å². The summed E-state index contributed by atoms with van der Waals surface area (Å²) < 4.78 is 1.76. The summed E-state index contributed by atoms with van der Waals surface area (Å²) in [6.45, 7) is 1.92. The van der Waals surface area contributed by atoms with Gasteiger partial charge in [-0.25, -0.2) is 9.55 Å². The summed E-state index contributed by atoms with van der Waals surface area (Å²) in [5.41, 5.74) is 11.8. The van der Waals surface area contributed by atoms with Crippen LogP contribution in [0.4, 0.5) is 10.9 Å². The van der Waals surface area contributed by atoms with E-state index < -0.39 is 29.2 Å². The predicted molar refractivity (Wildman–Crippen MR) is 132 cm³/mol. The molecule has 4 heterocycles. The number of thioether (sulfide) groups is 2. The number of β-lactam (4-membered cyclic amide) rings is 1. The first-order valence-electron chi connectivity index (χ1n) is 10.6. The minimum Gasteiger partial charge on any atom is -0.543 e. The first-order chi connectivity index (χ1) is 17.2. The highest BCUT2D eigenvalue weighted by atomic mass is 32.2. The molecule has 0 radical (unpaired) electrons. The molecule has 0 aliphatic carbocycles. The van der Waals surface area contributed by atoms with Crippen LogP contribution in [0.2, 0.25) is 0 Å². The number of carboxylic acid groups (broad SMARTS) is 1. The quantitative estimate of drug-likeness (QED) is 0.0818. The summed E-state index contributed by atoms with van der Waals surface area (Å²) in [6, 6.07) is 0.695. The highest BCUT2D eigenvalue weighted by Crippen LogP contribution is 2.41. The Bertz CT molecular complexity index is 1280. The second-order valence-corrected chi connectivity index (χ2v) is 10.5. The van der Waals surface area contributed by atoms with Gasteiger partial charge in [-0.2, -0.15) is 0 Å². The third-order valence-electron chi connectivity index (χ3n) is 5.16. The van der Waals surface area contributed by atoms with Gasteiger partial charge in [-0.15, -0.1) is 23.1 Å². The molecule has 2 aromatic rings. The van der Waals surface area contributed by atoms with E-state index in [1.54, 1.807) is 36.2 Å². The Kier molecular flexibility index (Phi) is 7.65. The average molecular weight is 551 g/mol. The van der Waals surface area contributed by atoms with E-state index in [9.17, 15) is 19.5 Å². The molecule has 36 heavy (non-hydrogen) atoms. The van der Waals surface area contributed by atoms with Gasteiger partial charge in [0, 0.05) is 23.0 Å². The molecular formula is C20H22N8O5S3. The van der Waals surface area contributed by atoms with Gasteiger partial charge >= 0.3 is 5.16 Å². The van der Waals surface area contributed by atoms with Crippen LogP contribution in [0.25, 0.3) is 0 Å². The summed E-state index contributed by atoms with van der Waals surface area (Å²) >= 11 is 3.76. The Morgan fingerprint density at radius 1 is 1.42 bits per heavy atom. The normalized spacial score (nSPS) is 19.6. The monoisotopic (exact) mass is 550 g/mol. The smallest absolute Gasteiger partial charge is 0.361 e. The van der Waals surface area contributed by atoms with E-state index in [4.69, 9.17) is 16.3 Å². The second-order valence-electron chi connectivity index (χ2n) is 7.56. The highest BCUT2D eigenvalue weighted by Gasteiger charge is 2.53. The molecule has 1 unspecified atom stereocenters. The summed E-state index contributed by atoms with van der Waals surface area (Å²) in [7, 11) is 1.80. The van der Waals surface area contributed by atoms with Crippen LogP contribution in [-0.2, 0) is 26.3 Å². The molecule has 2 aliphatic rings. The Labute approximate surface area is 218 Å². The van der Waals surface area contributed by atoms with E-state index >= 15 is 0 Å². The van der Waals surface area contributed by atoms with Crippen LogP contribution < -0.4 is 26.5 Å². The number of aryl methyl sites for hydroxylation is 1. The molecule has 2 atom stereocenters. The number of hydrogen-bond acceptors (Lipinski definition) is 13. The molecule has 2 aliphatic heterocycles. The Balaban J connectivity index is 1.50. The maximum absolute atomic E-state index is 13.0. The van der Waals surface area contributed by atoms with Gasteiger partial charge in [0.1, 0.15) is 23.7 Å². The lowest BCUT2D eigenvalue weighted by Crippen LogP contribution is -2.71. The van der Waals surface area contributed by atoms with E-state index in [2.05, 4.69) is 20.4 Å². The molecule has 13 nitrogen and oxygen atoms in total. The van der Waals surface area contributed by atoms with Crippen molar-refractivity contribution in [3.8, 4) is 0 Å². The number of thiazole rings is 1. The first kappa shape index (κ1) is 25.7. The van der Waals surface area contributed by atoms with E-state index in [-0.39, 0.29) is 34.6 Å². The minimum absolute atomic E-state index is 0.132. The number of hydrogen-bond donors (Lipinski definition) is 3. The number of oxime groups is 1. The molecule has 1 fully saturated rings. The number of nitrogens with one attached hydrogen (secondary N) is 1. The molecule has 2 amide bonds. The van der Waals surface area contributed by atoms with Crippen molar-refractivity contribution in [2.24, 2.45) is 12.2 Å². The topological polar surface area (TPSA) is 193 Å². The molecule has 16 heteroatoms. The third kappa shape index (κ3) is 5.10. The zero-order valence-electron chi connectivity index (χ0n) is 19.2. The number of aliphatic carboxylic acids is 1. The fourth-order valence-corrected chi connectivity index (χ4v) is 6.49. The van der Waals surface area contributed by atoms with Gasteiger partial charge < -0.3 is 31.5 Å². The van der Waals surface area contributed by atoms with Crippen LogP contribution in [-0.4, -0.2) is 67.9 Å². The van der Waals surface area contributed by atoms with E-state index in [0.717, 1.165) is 16.2 Å². The van der Waals surface area contributed by atoms with Crippen LogP contribution in [0.5, 0.6) is 0 Å². The van der Waals surface area contributed by atoms with E-state index in [0.29, 0.717) is 22.3 Å². The minimum atomic E-state index is -1.46. The molecule has 5 N–H and O–H groups in total. The number of amides is 2. The summed E-state index contributed by atoms with van der Waals surface area (Å²) in [4.78, 5) is 52.4. The van der Waals surface area contributed by atoms with Gasteiger partial charge in [0.2, 0.25) is 5.82 Å². The zero-order valence-corrected chi connectivity index (χ0v) is 21.6. The van der Waals surface area contributed by atoms with Gasteiger partial charge in [0.15, 0.2) is 10.8 Å². The third-order valence-corrected chi connectivity index (χ3v) is 8.31. The number of nitrogens with two attached hydrogens (primary N) is 2. The second kappa shape index (κ2) is 10.7. The van der Waals surface area contributed by atoms with Crippen molar-refractivity contribution in [2.75, 3.05) is 29.6 Å². The van der Waals surface area contributed by atoms with Crippen molar-refractivity contribution in [2.45, 2.75) is 23.5 Å². The molecule has 4 rings (SSSR count). The van der Waals surface area contributed by atoms with E-state index in [1.165, 1.54) is 23.5 Å². The van der Waals surface area contributed by atoms with Gasteiger partial charge in [-0.05, 0) is 29.2 Å². The van der Waals surface area contributed by atoms with Crippen molar-refractivity contribution >= 4 is 69.3 Å². The van der Waals surface area contributed by atoms with Crippen molar-refractivity contribution < 1.29 is 28.9 Å². The highest BCUT2D eigenvalue weighted by molar-refractivity contribution is 8.01. The van der Waals surface area contributed by atoms with Crippen LogP contribution in [0.3, 0.4) is 0 Å². The lowest BCUT2D eigenvalue weighted by Gasteiger charge is -2.50. The van der Waals surface area contributed by atoms with Crippen LogP contribution in [0, 0.1) is 0 Å². The fourth-order valence-electron chi connectivity index (χ4n) is 3.49. The molecule has 1 saturated heterocycles. The van der Waals surface area contributed by atoms with Crippen LogP contribution in [0.15, 0.2) is 39.2 Å². The Hall–Kier alpha value is -3.37. The van der Waals surface area contributed by atoms with Crippen molar-refractivity contribution in [3.05, 3.63) is 34.6 Å². The molecule has 0 aromatic carbocycles. The molecule has 190 valence electrons. The molecule has 0 bridgehead atoms. The van der Waals surface area contributed by atoms with Gasteiger partial charge in [-0.1, -0.05) is 5.16 Å². The largest absolute Gasteiger partial charge is 0.543 e. The number of fused-ring (bicyclic) bond motifs is 1. The zero-order chi connectivity index (χ0) is 26.0. The maximum Gasteiger partial charge on any atom is 0.361 e. The van der Waals surface area contributed by atoms with Gasteiger partial charge in [-0.3, -0.25) is 14.5 Å². The van der Waals surface area contributed by atoms with Crippen molar-refractivity contribution in [1.82, 2.24) is 20.2 Å². The number of carboxylic acids is 1. The fraction of sp³-hybridized carbons (Fsp3) is 0.350. The first-order valence-corrected chi connectivity index (χ1v) is 13.5. The predicted octanol–water partition coefficient (Wildman–Crippen LogP) is -1.54. The number of nitrogens with zero attached hydrogens (tertiary/aromatic N) is 5. The lowest BCUT2D eigenvalue weighted by molar-refractivity contribution is -0.713. The Morgan fingerprint density at radius 3 is 2.86 bits per heavy atom. The SMILES string of the molecule is CCO/N=C(\C(=O)NC1C(=O)N2C(C(=O)[O-])=C(CSc3nc(N)cc[n+]3C)CS[C@H]12)c1csc(N)n1. The number of carbonyl (C=O) groups excluding carboxylic acids is 3. The summed E-state index contributed by atoms with van der Waals surface area (Å²) in [5.74, 6) is -1.78. The van der Waals surface area contributed by atoms with Gasteiger partial charge in [0.25, 0.3) is 11.8 Å². The number of nitrogen functional groups attached to an aromatic ring is 2. The van der Waals surface area contributed by atoms with Crippen LogP contribution >= 0.6 is 34.9 Å². The maximum atomic E-state index is 13.0. The summed E-state index contributed by atoms with van der Waals surface area (Å²) in [5, 5.41) is 20.2.